The zero-order valence-corrected chi connectivity index (χ0v) is 49.9. The number of anilines is 12. The Morgan fingerprint density at radius 1 is 0.354 bits per heavy atom. The van der Waals surface area contributed by atoms with Crippen molar-refractivity contribution >= 4 is 113 Å². The van der Waals surface area contributed by atoms with E-state index in [1.165, 1.54) is 61.0 Å². The van der Waals surface area contributed by atoms with Crippen molar-refractivity contribution in [1.82, 2.24) is 0 Å². The number of hydrogen-bond donors (Lipinski definition) is 0. The molecule has 406 valence electrons. The number of rotatable bonds is 8. The molecule has 0 unspecified atom stereocenters. The number of nitrogens with zero attached hydrogens (tertiary/aromatic N) is 4. The van der Waals surface area contributed by atoms with E-state index in [2.05, 4.69) is 316 Å². The molecule has 0 aliphatic carbocycles. The summed E-state index contributed by atoms with van der Waals surface area (Å²) in [7, 11) is 0. The molecule has 0 saturated heterocycles. The molecule has 10 aromatic carbocycles. The van der Waals surface area contributed by atoms with Crippen molar-refractivity contribution in [3.63, 3.8) is 0 Å². The fourth-order valence-electron chi connectivity index (χ4n) is 12.5. The minimum absolute atomic E-state index is 0.0201. The molecule has 0 saturated carbocycles. The van der Waals surface area contributed by atoms with Gasteiger partial charge in [-0.25, -0.2) is 0 Å². The van der Waals surface area contributed by atoms with Gasteiger partial charge in [0.15, 0.2) is 0 Å². The first-order valence-electron chi connectivity index (χ1n) is 29.2. The molecule has 0 amide bonds. The molecular weight excluding hydrogens is 996 g/mol. The number of fused-ring (bicyclic) bond motifs is 7. The Labute approximate surface area is 486 Å². The highest BCUT2D eigenvalue weighted by atomic mass is 16.3. The van der Waals surface area contributed by atoms with E-state index >= 15 is 0 Å². The van der Waals surface area contributed by atoms with Gasteiger partial charge in [0.25, 0.3) is 6.71 Å². The first kappa shape index (κ1) is 52.6. The van der Waals surface area contributed by atoms with Crippen LogP contribution in [0.3, 0.4) is 0 Å². The summed E-state index contributed by atoms with van der Waals surface area (Å²) < 4.78 is 7.07. The van der Waals surface area contributed by atoms with Crippen molar-refractivity contribution in [1.29, 1.82) is 0 Å². The van der Waals surface area contributed by atoms with E-state index in [0.717, 1.165) is 84.5 Å². The van der Waals surface area contributed by atoms with E-state index in [4.69, 9.17) is 4.42 Å². The van der Waals surface area contributed by atoms with Crippen LogP contribution < -0.4 is 36.0 Å². The van der Waals surface area contributed by atoms with Crippen molar-refractivity contribution in [2.75, 3.05) is 19.6 Å². The molecule has 3 heterocycles. The van der Waals surface area contributed by atoms with Crippen LogP contribution in [-0.2, 0) is 16.2 Å². The average Bonchev–Trinajstić information content (AvgIpc) is 1.18. The molecule has 0 bridgehead atoms. The Balaban J connectivity index is 1.13. The van der Waals surface area contributed by atoms with Gasteiger partial charge in [-0.2, -0.15) is 0 Å². The van der Waals surface area contributed by atoms with Gasteiger partial charge in [-0.3, -0.25) is 0 Å². The maximum Gasteiger partial charge on any atom is 0.252 e. The molecule has 0 N–H and O–H groups in total. The third kappa shape index (κ3) is 9.13. The topological polar surface area (TPSA) is 26.1 Å². The third-order valence-electron chi connectivity index (χ3n) is 17.1. The summed E-state index contributed by atoms with van der Waals surface area (Å²) in [5, 5.41) is 2.15. The second-order valence-electron chi connectivity index (χ2n) is 26.3. The summed E-state index contributed by atoms with van der Waals surface area (Å²) in [6.07, 6.45) is 0. The van der Waals surface area contributed by atoms with Gasteiger partial charge in [-0.1, -0.05) is 182 Å². The summed E-state index contributed by atoms with van der Waals surface area (Å²) in [6.45, 7) is 29.5. The maximum absolute atomic E-state index is 7.07. The van der Waals surface area contributed by atoms with E-state index in [0.29, 0.717) is 0 Å². The largest absolute Gasteiger partial charge is 0.456 e. The highest BCUT2D eigenvalue weighted by molar-refractivity contribution is 7.00. The number of hydrogen-bond acceptors (Lipinski definition) is 5. The van der Waals surface area contributed by atoms with Crippen LogP contribution in [0.1, 0.15) is 101 Å². The van der Waals surface area contributed by atoms with Crippen LogP contribution in [0.4, 0.5) is 68.2 Å². The molecule has 0 atom stereocenters. The van der Waals surface area contributed by atoms with Crippen LogP contribution in [0.15, 0.2) is 211 Å². The van der Waals surface area contributed by atoms with Crippen LogP contribution in [0.5, 0.6) is 0 Å². The van der Waals surface area contributed by atoms with Crippen molar-refractivity contribution in [3.8, 4) is 0 Å². The van der Waals surface area contributed by atoms with Crippen LogP contribution in [0.25, 0.3) is 21.9 Å². The lowest BCUT2D eigenvalue weighted by Gasteiger charge is -2.46. The second-order valence-corrected chi connectivity index (χ2v) is 26.3. The summed E-state index contributed by atoms with van der Waals surface area (Å²) in [6, 6.07) is 78.0. The van der Waals surface area contributed by atoms with E-state index in [1.807, 2.05) is 0 Å². The Hall–Kier alpha value is -8.74. The van der Waals surface area contributed by atoms with Gasteiger partial charge < -0.3 is 24.0 Å². The van der Waals surface area contributed by atoms with Crippen LogP contribution in [0.2, 0.25) is 0 Å². The van der Waals surface area contributed by atoms with Gasteiger partial charge >= 0.3 is 0 Å². The molecule has 5 nitrogen and oxygen atoms in total. The summed E-state index contributed by atoms with van der Waals surface area (Å²) in [4.78, 5) is 10.0. The van der Waals surface area contributed by atoms with Crippen molar-refractivity contribution in [3.05, 3.63) is 245 Å². The second kappa shape index (κ2) is 19.5. The molecule has 13 rings (SSSR count). The normalized spacial score (nSPS) is 13.1. The maximum atomic E-state index is 7.07. The SMILES string of the molecule is Cc1ccc(N(c2ccc(C)cc2)c2ccc3c(c2)N(c2ccc(C(C)(C)C)cc2)c2cc(C(C)(C)C)cc4c2B3c2cc(C(C)(C)C)ccc2N4c2cc(N(c3ccc(C)cc3)c3ccc(C)cc3)c3c(c2)oc2ccccc23)cc1. The molecule has 11 aromatic rings. The Kier molecular flexibility index (Phi) is 12.5. The quantitative estimate of drug-likeness (QED) is 0.141. The van der Waals surface area contributed by atoms with Crippen molar-refractivity contribution in [2.45, 2.75) is 106 Å². The van der Waals surface area contributed by atoms with Gasteiger partial charge in [0.05, 0.1) is 16.8 Å². The fourth-order valence-corrected chi connectivity index (χ4v) is 12.5. The molecule has 2 aliphatic rings. The van der Waals surface area contributed by atoms with Crippen molar-refractivity contribution in [2.24, 2.45) is 0 Å². The van der Waals surface area contributed by atoms with E-state index in [-0.39, 0.29) is 23.0 Å². The standard InChI is InChI=1S/C76H73BN4O/c1-48-18-29-55(30-19-48)78(56-31-20-49(2)21-32-56)60-39-40-63-66(45-60)80(59-37-26-52(27-38-59)74(5,6)7)68-43-54(76(11,12)13)44-69-73(68)77(63)64-42-53(75(8,9)10)28-41-65(64)81(69)61-46-67(72-62-16-14-15-17-70(62)82-71(72)47-61)79(57-33-22-50(3)23-34-57)58-35-24-51(4)25-36-58/h14-47H,1-13H3. The van der Waals surface area contributed by atoms with Gasteiger partial charge in [-0.05, 0) is 180 Å². The highest BCUT2D eigenvalue weighted by Gasteiger charge is 2.45. The van der Waals surface area contributed by atoms with Gasteiger partial charge in [-0.15, -0.1) is 0 Å². The molecule has 0 radical (unpaired) electrons. The monoisotopic (exact) mass is 1070 g/mol. The lowest BCUT2D eigenvalue weighted by Crippen LogP contribution is -2.61. The number of aryl methyl sites for hydroxylation is 4. The smallest absolute Gasteiger partial charge is 0.252 e. The first-order valence-corrected chi connectivity index (χ1v) is 29.2. The predicted octanol–water partition coefficient (Wildman–Crippen LogP) is 19.7. The minimum Gasteiger partial charge on any atom is -0.456 e. The summed E-state index contributed by atoms with van der Waals surface area (Å²) in [5.41, 5.74) is 27.2. The zero-order chi connectivity index (χ0) is 57.1. The minimum atomic E-state index is -0.220. The molecule has 0 fully saturated rings. The lowest BCUT2D eigenvalue weighted by molar-refractivity contribution is 0.590. The molecule has 2 aliphatic heterocycles. The fraction of sp³-hybridized carbons (Fsp3) is 0.211. The Bertz CT molecular complexity index is 4160. The van der Waals surface area contributed by atoms with Crippen LogP contribution in [-0.4, -0.2) is 6.71 Å². The summed E-state index contributed by atoms with van der Waals surface area (Å²) in [5.74, 6) is 0. The summed E-state index contributed by atoms with van der Waals surface area (Å²) >= 11 is 0. The molecule has 0 spiro atoms. The van der Waals surface area contributed by atoms with E-state index < -0.39 is 0 Å². The van der Waals surface area contributed by atoms with Crippen molar-refractivity contribution < 1.29 is 4.42 Å². The Morgan fingerprint density at radius 3 is 1.35 bits per heavy atom. The average molecular weight is 1070 g/mol. The molecule has 1 aromatic heterocycles. The number of furan rings is 1. The third-order valence-corrected chi connectivity index (χ3v) is 17.1. The molecular formula is C76H73BN4O. The molecule has 6 heteroatoms. The number of para-hydroxylation sites is 1. The first-order chi connectivity index (χ1) is 39.2. The Morgan fingerprint density at radius 2 is 0.829 bits per heavy atom. The lowest BCUT2D eigenvalue weighted by atomic mass is 9.33. The van der Waals surface area contributed by atoms with E-state index in [9.17, 15) is 0 Å². The van der Waals surface area contributed by atoms with Gasteiger partial charge in [0, 0.05) is 68.3 Å². The van der Waals surface area contributed by atoms with E-state index in [1.54, 1.807) is 0 Å². The molecule has 82 heavy (non-hydrogen) atoms. The van der Waals surface area contributed by atoms with Gasteiger partial charge in [0.2, 0.25) is 0 Å². The van der Waals surface area contributed by atoms with Crippen LogP contribution >= 0.6 is 0 Å². The highest BCUT2D eigenvalue weighted by Crippen LogP contribution is 2.52. The predicted molar refractivity (Wildman–Crippen MR) is 352 cm³/mol. The zero-order valence-electron chi connectivity index (χ0n) is 49.9. The van der Waals surface area contributed by atoms with Crippen LogP contribution in [0, 0.1) is 27.7 Å². The van der Waals surface area contributed by atoms with Gasteiger partial charge in [0.1, 0.15) is 11.2 Å². The number of benzene rings is 10.